The average Bonchev–Trinajstić information content (AvgIpc) is 2.99. The van der Waals surface area contributed by atoms with Gasteiger partial charge >= 0.3 is 24.7 Å². The minimum Gasteiger partial charge on any atom is -0.494 e. The third-order valence-electron chi connectivity index (χ3n) is 7.50. The fourth-order valence-electron chi connectivity index (χ4n) is 5.19. The number of benzene rings is 3. The number of unbranched alkanes of at least 4 members (excludes halogenated alkanes) is 3. The second-order valence-corrected chi connectivity index (χ2v) is 11.3. The second kappa shape index (κ2) is 16.7. The van der Waals surface area contributed by atoms with Crippen LogP contribution in [0.3, 0.4) is 0 Å². The lowest BCUT2D eigenvalue weighted by molar-refractivity contribution is -0.253. The molecule has 3 aromatic carbocycles. The van der Waals surface area contributed by atoms with Crippen molar-refractivity contribution < 1.29 is 63.7 Å². The van der Waals surface area contributed by atoms with Crippen LogP contribution in [0.2, 0.25) is 0 Å². The fourth-order valence-corrected chi connectivity index (χ4v) is 5.19. The number of rotatable bonds is 19. The molecule has 0 aliphatic heterocycles. The lowest BCUT2D eigenvalue weighted by Gasteiger charge is -2.36. The monoisotopic (exact) mass is 692 g/mol. The lowest BCUT2D eigenvalue weighted by Crippen LogP contribution is -2.35. The van der Waals surface area contributed by atoms with Crippen molar-refractivity contribution in [1.29, 1.82) is 0 Å². The van der Waals surface area contributed by atoms with E-state index in [0.29, 0.717) is 43.2 Å². The molecule has 0 amide bonds. The van der Waals surface area contributed by atoms with E-state index in [-0.39, 0.29) is 24.0 Å². The Hall–Kier alpha value is -4.23. The molecule has 1 atom stereocenters. The molecule has 0 aliphatic carbocycles. The van der Waals surface area contributed by atoms with Crippen LogP contribution in [0, 0.1) is 11.6 Å². The van der Waals surface area contributed by atoms with E-state index in [0.717, 1.165) is 30.7 Å². The van der Waals surface area contributed by atoms with Crippen LogP contribution in [-0.4, -0.2) is 42.2 Å². The van der Waals surface area contributed by atoms with Gasteiger partial charge in [0, 0.05) is 30.7 Å². The first-order valence-corrected chi connectivity index (χ1v) is 14.9. The summed E-state index contributed by atoms with van der Waals surface area (Å²) in [6.45, 7) is 0.314. The van der Waals surface area contributed by atoms with Gasteiger partial charge in [0.1, 0.15) is 28.9 Å². The molecule has 14 heteroatoms. The molecule has 5 nitrogen and oxygen atoms in total. The Kier molecular flexibility index (Phi) is 13.3. The number of ketones is 1. The third kappa shape index (κ3) is 11.8. The summed E-state index contributed by atoms with van der Waals surface area (Å²) in [6.07, 6.45) is -14.8. The Bertz CT molecular complexity index is 1490. The summed E-state index contributed by atoms with van der Waals surface area (Å²) in [6, 6.07) is 12.7. The van der Waals surface area contributed by atoms with Gasteiger partial charge in [-0.05, 0) is 72.4 Å². The Balaban J connectivity index is 2.01. The lowest BCUT2D eigenvalue weighted by atomic mass is 9.67. The van der Waals surface area contributed by atoms with Gasteiger partial charge < -0.3 is 14.6 Å². The molecule has 0 fully saturated rings. The van der Waals surface area contributed by atoms with Gasteiger partial charge in [0.2, 0.25) is 0 Å². The zero-order chi connectivity index (χ0) is 35.5. The first kappa shape index (κ1) is 38.2. The second-order valence-electron chi connectivity index (χ2n) is 11.3. The molecule has 0 aromatic heterocycles. The predicted octanol–water partition coefficient (Wildman–Crippen LogP) is 9.45. The van der Waals surface area contributed by atoms with E-state index in [1.165, 1.54) is 12.1 Å². The Morgan fingerprint density at radius 3 is 1.98 bits per heavy atom. The zero-order valence-electron chi connectivity index (χ0n) is 25.5. The fraction of sp³-hybridized carbons (Fsp3) is 0.412. The number of carboxylic acids is 1. The minimum atomic E-state index is -5.03. The van der Waals surface area contributed by atoms with Crippen LogP contribution < -0.4 is 9.47 Å². The van der Waals surface area contributed by atoms with Gasteiger partial charge in [0.05, 0.1) is 13.0 Å². The molecule has 0 unspecified atom stereocenters. The minimum absolute atomic E-state index is 0.0712. The summed E-state index contributed by atoms with van der Waals surface area (Å²) in [4.78, 5) is 23.7. The van der Waals surface area contributed by atoms with Gasteiger partial charge in [-0.1, -0.05) is 37.1 Å². The van der Waals surface area contributed by atoms with E-state index in [1.807, 2.05) is 0 Å². The molecule has 262 valence electrons. The van der Waals surface area contributed by atoms with Crippen molar-refractivity contribution in [3.63, 3.8) is 0 Å². The molecule has 0 heterocycles. The number of alkyl halides is 7. The summed E-state index contributed by atoms with van der Waals surface area (Å²) in [5, 5.41) is 8.71. The van der Waals surface area contributed by atoms with Crippen LogP contribution in [0.4, 0.5) is 39.5 Å². The maximum atomic E-state index is 15.0. The highest BCUT2D eigenvalue weighted by molar-refractivity contribution is 5.81. The smallest absolute Gasteiger partial charge is 0.461 e. The average molecular weight is 693 g/mol. The van der Waals surface area contributed by atoms with Crippen molar-refractivity contribution in [2.24, 2.45) is 0 Å². The number of carboxylic acid groups (broad SMARTS) is 1. The van der Waals surface area contributed by atoms with Gasteiger partial charge in [-0.3, -0.25) is 9.59 Å². The maximum absolute atomic E-state index is 15.0. The summed E-state index contributed by atoms with van der Waals surface area (Å²) in [5.74, 6) is -4.37. The van der Waals surface area contributed by atoms with Crippen molar-refractivity contribution in [3.8, 4) is 11.5 Å². The van der Waals surface area contributed by atoms with Crippen LogP contribution in [0.15, 0.2) is 66.7 Å². The highest BCUT2D eigenvalue weighted by Crippen LogP contribution is 2.43. The first-order valence-electron chi connectivity index (χ1n) is 14.9. The number of ether oxygens (including phenoxy) is 2. The summed E-state index contributed by atoms with van der Waals surface area (Å²) < 4.78 is 131. The normalized spacial score (nSPS) is 13.3. The standard InChI is InChI=1S/C34H33F9O5/c35-25-10-8-23(9-11-25)32(21-27(44)14-15-33(39,40)41,24-17-26(36)19-29(18-24)48-34(42,43)31(37)38)20-22-6-12-28(13-7-22)47-16-4-2-1-3-5-30(45)46/h6-13,17-19,31H,1-5,14-16,20-21H2,(H,45,46)/t32-/m1/s1. The molecule has 0 saturated carbocycles. The summed E-state index contributed by atoms with van der Waals surface area (Å²) >= 11 is 0. The Morgan fingerprint density at radius 2 is 1.38 bits per heavy atom. The van der Waals surface area contributed by atoms with Crippen molar-refractivity contribution in [1.82, 2.24) is 0 Å². The number of hydrogen-bond acceptors (Lipinski definition) is 4. The number of aliphatic carboxylic acids is 1. The van der Waals surface area contributed by atoms with Gasteiger partial charge in [-0.25, -0.2) is 8.78 Å². The SMILES string of the molecule is O=C(O)CCCCCCOc1ccc(C[C@@](CC(=O)CCC(F)(F)F)(c2ccc(F)cc2)c2cc(F)cc(OC(F)(F)C(F)F)c2)cc1. The van der Waals surface area contributed by atoms with Crippen LogP contribution in [-0.2, 0) is 21.4 Å². The van der Waals surface area contributed by atoms with Crippen LogP contribution >= 0.6 is 0 Å². The zero-order valence-corrected chi connectivity index (χ0v) is 25.5. The first-order chi connectivity index (χ1) is 22.5. The molecule has 1 N–H and O–H groups in total. The van der Waals surface area contributed by atoms with Crippen molar-refractivity contribution in [2.75, 3.05) is 6.61 Å². The molecule has 0 radical (unpaired) electrons. The van der Waals surface area contributed by atoms with Crippen molar-refractivity contribution in [2.45, 2.75) is 81.9 Å². The number of carbonyl (C=O) groups is 2. The maximum Gasteiger partial charge on any atom is 0.461 e. The summed E-state index contributed by atoms with van der Waals surface area (Å²) in [7, 11) is 0. The quantitative estimate of drug-likeness (QED) is 0.100. The molecule has 48 heavy (non-hydrogen) atoms. The number of Topliss-reactive ketones (excluding diaryl/α,β-unsaturated/α-hetero) is 1. The van der Waals surface area contributed by atoms with Gasteiger partial charge in [0.25, 0.3) is 0 Å². The van der Waals surface area contributed by atoms with E-state index in [9.17, 15) is 49.1 Å². The van der Waals surface area contributed by atoms with Gasteiger partial charge in [-0.15, -0.1) is 0 Å². The van der Waals surface area contributed by atoms with Gasteiger partial charge in [0.15, 0.2) is 0 Å². The Labute approximate surface area is 270 Å². The largest absolute Gasteiger partial charge is 0.494 e. The van der Waals surface area contributed by atoms with Crippen LogP contribution in [0.25, 0.3) is 0 Å². The molecular weight excluding hydrogens is 659 g/mol. The number of hydrogen-bond donors (Lipinski definition) is 1. The van der Waals surface area contributed by atoms with E-state index in [1.54, 1.807) is 24.3 Å². The van der Waals surface area contributed by atoms with Crippen LogP contribution in [0.5, 0.6) is 11.5 Å². The van der Waals surface area contributed by atoms with E-state index in [4.69, 9.17) is 9.84 Å². The molecule has 0 spiro atoms. The van der Waals surface area contributed by atoms with Crippen LogP contribution in [0.1, 0.15) is 68.1 Å². The number of carbonyl (C=O) groups excluding carboxylic acids is 1. The van der Waals surface area contributed by atoms with Gasteiger partial charge in [-0.2, -0.15) is 30.7 Å². The molecule has 3 aromatic rings. The topological polar surface area (TPSA) is 72.8 Å². The highest BCUT2D eigenvalue weighted by atomic mass is 19.4. The number of halogens is 9. The highest BCUT2D eigenvalue weighted by Gasteiger charge is 2.45. The van der Waals surface area contributed by atoms with Crippen molar-refractivity contribution >= 4 is 11.8 Å². The Morgan fingerprint density at radius 1 is 0.729 bits per heavy atom. The molecular formula is C34H33F9O5. The van der Waals surface area contributed by atoms with E-state index in [2.05, 4.69) is 4.74 Å². The molecule has 0 aliphatic rings. The molecule has 0 saturated heterocycles. The molecule has 3 rings (SSSR count). The summed E-state index contributed by atoms with van der Waals surface area (Å²) in [5.41, 5.74) is -1.55. The van der Waals surface area contributed by atoms with E-state index < -0.39 is 72.5 Å². The third-order valence-corrected chi connectivity index (χ3v) is 7.50. The predicted molar refractivity (Wildman–Crippen MR) is 156 cm³/mol. The van der Waals surface area contributed by atoms with E-state index >= 15 is 0 Å². The molecule has 0 bridgehead atoms. The van der Waals surface area contributed by atoms with Crippen molar-refractivity contribution in [3.05, 3.63) is 95.1 Å².